The lowest BCUT2D eigenvalue weighted by molar-refractivity contribution is -0.121. The van der Waals surface area contributed by atoms with Crippen molar-refractivity contribution in [1.82, 2.24) is 15.5 Å². The minimum Gasteiger partial charge on any atom is -0.383 e. The summed E-state index contributed by atoms with van der Waals surface area (Å²) in [5, 5.41) is 15.7. The molecule has 0 saturated heterocycles. The van der Waals surface area contributed by atoms with Crippen molar-refractivity contribution >= 4 is 34.1 Å². The fourth-order valence-corrected chi connectivity index (χ4v) is 2.08. The maximum absolute atomic E-state index is 11.9. The van der Waals surface area contributed by atoms with E-state index in [4.69, 9.17) is 16.3 Å². The lowest BCUT2D eigenvalue weighted by Crippen LogP contribution is -2.39. The van der Waals surface area contributed by atoms with E-state index < -0.39 is 6.04 Å². The van der Waals surface area contributed by atoms with Crippen LogP contribution in [0, 0.1) is 0 Å². The Labute approximate surface area is 127 Å². The van der Waals surface area contributed by atoms with E-state index in [1.807, 2.05) is 24.3 Å². The highest BCUT2D eigenvalue weighted by Crippen LogP contribution is 2.25. The van der Waals surface area contributed by atoms with Gasteiger partial charge in [-0.25, -0.2) is 0 Å². The maximum Gasteiger partial charge on any atom is 0.242 e. The summed E-state index contributed by atoms with van der Waals surface area (Å²) in [4.78, 5) is 11.9. The van der Waals surface area contributed by atoms with Crippen LogP contribution in [-0.4, -0.2) is 42.4 Å². The van der Waals surface area contributed by atoms with Gasteiger partial charge in [0.15, 0.2) is 11.0 Å². The monoisotopic (exact) mass is 308 g/mol. The molecule has 0 aliphatic heterocycles. The molecule has 112 valence electrons. The highest BCUT2D eigenvalue weighted by molar-refractivity contribution is 6.34. The van der Waals surface area contributed by atoms with Crippen molar-refractivity contribution in [3.8, 4) is 0 Å². The number of methoxy groups -OCH3 is 1. The van der Waals surface area contributed by atoms with Crippen molar-refractivity contribution in [3.05, 3.63) is 29.4 Å². The average molecular weight is 309 g/mol. The maximum atomic E-state index is 11.9. The van der Waals surface area contributed by atoms with Crippen LogP contribution < -0.4 is 10.6 Å². The molecule has 2 aromatic rings. The van der Waals surface area contributed by atoms with E-state index in [0.717, 1.165) is 10.8 Å². The van der Waals surface area contributed by atoms with E-state index in [1.54, 1.807) is 14.0 Å². The van der Waals surface area contributed by atoms with Crippen LogP contribution in [0.25, 0.3) is 10.8 Å². The molecule has 6 nitrogen and oxygen atoms in total. The minimum atomic E-state index is -0.444. The first-order chi connectivity index (χ1) is 10.1. The van der Waals surface area contributed by atoms with E-state index in [-0.39, 0.29) is 5.91 Å². The molecule has 0 aliphatic carbocycles. The second kappa shape index (κ2) is 7.19. The topological polar surface area (TPSA) is 76.1 Å². The predicted octanol–water partition coefficient (Wildman–Crippen LogP) is 1.85. The van der Waals surface area contributed by atoms with E-state index in [9.17, 15) is 4.79 Å². The molecule has 1 amide bonds. The number of amides is 1. The molecular weight excluding hydrogens is 292 g/mol. The Bertz CT molecular complexity index is 635. The number of ether oxygens (including phenoxy) is 1. The number of fused-ring (bicyclic) bond motifs is 1. The van der Waals surface area contributed by atoms with Crippen LogP contribution in [0.4, 0.5) is 5.82 Å². The van der Waals surface area contributed by atoms with Crippen LogP contribution in [-0.2, 0) is 9.53 Å². The van der Waals surface area contributed by atoms with Gasteiger partial charge in [0, 0.05) is 24.4 Å². The second-order valence-corrected chi connectivity index (χ2v) is 4.89. The summed E-state index contributed by atoms with van der Waals surface area (Å²) in [5.41, 5.74) is 0. The number of nitrogens with one attached hydrogen (secondary N) is 2. The number of carbonyl (C=O) groups excluding carboxylic acids is 1. The summed E-state index contributed by atoms with van der Waals surface area (Å²) >= 11 is 6.02. The van der Waals surface area contributed by atoms with Crippen molar-refractivity contribution in [2.24, 2.45) is 0 Å². The van der Waals surface area contributed by atoms with Crippen LogP contribution in [0.5, 0.6) is 0 Å². The minimum absolute atomic E-state index is 0.132. The summed E-state index contributed by atoms with van der Waals surface area (Å²) in [6, 6.07) is 7.06. The Kier molecular flexibility index (Phi) is 5.30. The number of anilines is 1. The fraction of sp³-hybridized carbons (Fsp3) is 0.357. The Morgan fingerprint density at radius 1 is 1.33 bits per heavy atom. The quantitative estimate of drug-likeness (QED) is 0.796. The van der Waals surface area contributed by atoms with Gasteiger partial charge < -0.3 is 15.4 Å². The summed E-state index contributed by atoms with van der Waals surface area (Å²) in [7, 11) is 1.59. The first-order valence-corrected chi connectivity index (χ1v) is 6.95. The third kappa shape index (κ3) is 3.80. The molecular formula is C14H17ClN4O2. The van der Waals surface area contributed by atoms with E-state index in [0.29, 0.717) is 24.1 Å². The molecule has 2 N–H and O–H groups in total. The predicted molar refractivity (Wildman–Crippen MR) is 82.5 cm³/mol. The molecule has 1 aromatic carbocycles. The third-order valence-electron chi connectivity index (χ3n) is 2.99. The van der Waals surface area contributed by atoms with Gasteiger partial charge in [-0.2, -0.15) is 0 Å². The third-order valence-corrected chi connectivity index (χ3v) is 3.27. The number of nitrogens with zero attached hydrogens (tertiary/aromatic N) is 2. The lowest BCUT2D eigenvalue weighted by Gasteiger charge is -2.15. The smallest absolute Gasteiger partial charge is 0.242 e. The first kappa shape index (κ1) is 15.5. The number of hydrogen-bond acceptors (Lipinski definition) is 5. The molecule has 1 heterocycles. The van der Waals surface area contributed by atoms with Gasteiger partial charge >= 0.3 is 0 Å². The molecule has 21 heavy (non-hydrogen) atoms. The standard InChI is InChI=1S/C14H17ClN4O2/c1-9(14(20)16-7-8-21-2)17-13-11-6-4-3-5-10(11)12(15)18-19-13/h3-6,9H,7-8H2,1-2H3,(H,16,20)(H,17,19). The summed E-state index contributed by atoms with van der Waals surface area (Å²) in [5.74, 6) is 0.400. The molecule has 2 rings (SSSR count). The molecule has 0 radical (unpaired) electrons. The Morgan fingerprint density at radius 2 is 2.05 bits per heavy atom. The molecule has 0 fully saturated rings. The highest BCUT2D eigenvalue weighted by atomic mass is 35.5. The zero-order valence-electron chi connectivity index (χ0n) is 11.9. The van der Waals surface area contributed by atoms with Crippen LogP contribution in [0.2, 0.25) is 5.15 Å². The summed E-state index contributed by atoms with van der Waals surface area (Å²) in [6.45, 7) is 2.70. The molecule has 1 aromatic heterocycles. The molecule has 0 bridgehead atoms. The zero-order chi connectivity index (χ0) is 15.2. The van der Waals surface area contributed by atoms with Crippen LogP contribution in [0.3, 0.4) is 0 Å². The van der Waals surface area contributed by atoms with E-state index >= 15 is 0 Å². The van der Waals surface area contributed by atoms with Gasteiger partial charge in [0.1, 0.15) is 6.04 Å². The van der Waals surface area contributed by atoms with Gasteiger partial charge in [0.25, 0.3) is 0 Å². The fourth-order valence-electron chi connectivity index (χ4n) is 1.88. The average Bonchev–Trinajstić information content (AvgIpc) is 2.50. The van der Waals surface area contributed by atoms with Crippen molar-refractivity contribution in [3.63, 3.8) is 0 Å². The number of rotatable bonds is 6. The number of carbonyl (C=O) groups is 1. The number of benzene rings is 1. The van der Waals surface area contributed by atoms with Crippen molar-refractivity contribution in [2.45, 2.75) is 13.0 Å². The van der Waals surface area contributed by atoms with Crippen molar-refractivity contribution < 1.29 is 9.53 Å². The SMILES string of the molecule is COCCNC(=O)C(C)Nc1nnc(Cl)c2ccccc12. The Hall–Kier alpha value is -1.92. The molecule has 0 saturated carbocycles. The Morgan fingerprint density at radius 3 is 2.76 bits per heavy atom. The molecule has 1 atom stereocenters. The number of aromatic nitrogens is 2. The summed E-state index contributed by atoms with van der Waals surface area (Å²) < 4.78 is 4.89. The largest absolute Gasteiger partial charge is 0.383 e. The Balaban J connectivity index is 2.13. The number of halogens is 1. The molecule has 0 spiro atoms. The molecule has 7 heteroatoms. The normalized spacial score (nSPS) is 12.1. The van der Waals surface area contributed by atoms with Gasteiger partial charge in [-0.05, 0) is 6.92 Å². The molecule has 0 aliphatic rings. The van der Waals surface area contributed by atoms with Gasteiger partial charge in [0.05, 0.1) is 6.61 Å². The van der Waals surface area contributed by atoms with E-state index in [2.05, 4.69) is 20.8 Å². The van der Waals surface area contributed by atoms with Crippen LogP contribution in [0.1, 0.15) is 6.92 Å². The van der Waals surface area contributed by atoms with Crippen LogP contribution >= 0.6 is 11.6 Å². The van der Waals surface area contributed by atoms with E-state index in [1.165, 1.54) is 0 Å². The highest BCUT2D eigenvalue weighted by Gasteiger charge is 2.15. The second-order valence-electron chi connectivity index (χ2n) is 4.53. The zero-order valence-corrected chi connectivity index (χ0v) is 12.6. The number of hydrogen-bond donors (Lipinski definition) is 2. The first-order valence-electron chi connectivity index (χ1n) is 6.57. The van der Waals surface area contributed by atoms with Gasteiger partial charge in [0.2, 0.25) is 5.91 Å². The lowest BCUT2D eigenvalue weighted by atomic mass is 10.2. The van der Waals surface area contributed by atoms with Crippen molar-refractivity contribution in [1.29, 1.82) is 0 Å². The van der Waals surface area contributed by atoms with Gasteiger partial charge in [-0.3, -0.25) is 4.79 Å². The van der Waals surface area contributed by atoms with Gasteiger partial charge in [-0.15, -0.1) is 10.2 Å². The molecule has 1 unspecified atom stereocenters. The summed E-state index contributed by atoms with van der Waals surface area (Å²) in [6.07, 6.45) is 0. The van der Waals surface area contributed by atoms with Crippen LogP contribution in [0.15, 0.2) is 24.3 Å². The van der Waals surface area contributed by atoms with Crippen molar-refractivity contribution in [2.75, 3.05) is 25.6 Å². The van der Waals surface area contributed by atoms with Gasteiger partial charge in [-0.1, -0.05) is 35.9 Å².